The number of fused-ring (bicyclic) bond motifs is 1. The van der Waals surface area contributed by atoms with E-state index in [1.165, 1.54) is 5.56 Å². The number of nitrogens with zero attached hydrogens (tertiary/aromatic N) is 1. The number of aromatic amines is 1. The van der Waals surface area contributed by atoms with Gasteiger partial charge >= 0.3 is 0 Å². The predicted molar refractivity (Wildman–Crippen MR) is 120 cm³/mol. The third-order valence-electron chi connectivity index (χ3n) is 4.77. The number of carbonyl (C=O) groups excluding carboxylic acids is 1. The molecule has 0 spiro atoms. The average molecular weight is 424 g/mol. The molecule has 0 aliphatic rings. The summed E-state index contributed by atoms with van der Waals surface area (Å²) in [7, 11) is 0. The van der Waals surface area contributed by atoms with E-state index >= 15 is 0 Å². The first-order valence-corrected chi connectivity index (χ1v) is 10.1. The smallest absolute Gasteiger partial charge is 0.224 e. The lowest BCUT2D eigenvalue weighted by molar-refractivity contribution is -0.116. The number of amides is 1. The Balaban J connectivity index is 1.49. The van der Waals surface area contributed by atoms with Gasteiger partial charge in [-0.3, -0.25) is 9.78 Å². The highest BCUT2D eigenvalue weighted by atomic mass is 35.5. The van der Waals surface area contributed by atoms with Crippen molar-refractivity contribution in [3.63, 3.8) is 0 Å². The molecule has 4 aromatic rings. The number of H-pyrrole nitrogens is 1. The lowest BCUT2D eigenvalue weighted by atomic mass is 10.0. The zero-order valence-electron chi connectivity index (χ0n) is 15.6. The van der Waals surface area contributed by atoms with Crippen LogP contribution in [0.4, 0.5) is 5.69 Å². The molecule has 0 saturated heterocycles. The highest BCUT2D eigenvalue weighted by molar-refractivity contribution is 6.36. The van der Waals surface area contributed by atoms with Gasteiger partial charge < -0.3 is 10.3 Å². The van der Waals surface area contributed by atoms with Crippen molar-refractivity contribution < 1.29 is 4.79 Å². The van der Waals surface area contributed by atoms with E-state index in [2.05, 4.69) is 27.4 Å². The van der Waals surface area contributed by atoms with Crippen LogP contribution in [0.5, 0.6) is 0 Å². The maximum absolute atomic E-state index is 12.4. The molecule has 2 heterocycles. The van der Waals surface area contributed by atoms with Gasteiger partial charge in [0, 0.05) is 28.5 Å². The third kappa shape index (κ3) is 4.44. The van der Waals surface area contributed by atoms with Gasteiger partial charge in [0.2, 0.25) is 5.91 Å². The summed E-state index contributed by atoms with van der Waals surface area (Å²) in [6, 6.07) is 19.1. The first kappa shape index (κ1) is 19.5. The highest BCUT2D eigenvalue weighted by Crippen LogP contribution is 2.31. The van der Waals surface area contributed by atoms with E-state index in [0.717, 1.165) is 28.7 Å². The van der Waals surface area contributed by atoms with E-state index < -0.39 is 0 Å². The molecule has 146 valence electrons. The topological polar surface area (TPSA) is 57.8 Å². The Bertz CT molecular complexity index is 1160. The van der Waals surface area contributed by atoms with Crippen molar-refractivity contribution >= 4 is 45.7 Å². The Morgan fingerprint density at radius 2 is 1.86 bits per heavy atom. The Morgan fingerprint density at radius 3 is 2.66 bits per heavy atom. The molecule has 4 rings (SSSR count). The Hall–Kier alpha value is -2.82. The van der Waals surface area contributed by atoms with Crippen molar-refractivity contribution in [2.45, 2.75) is 19.3 Å². The van der Waals surface area contributed by atoms with E-state index in [1.54, 1.807) is 24.4 Å². The van der Waals surface area contributed by atoms with Crippen molar-refractivity contribution in [1.29, 1.82) is 0 Å². The average Bonchev–Trinajstić information content (AvgIpc) is 3.10. The van der Waals surface area contributed by atoms with Crippen molar-refractivity contribution in [3.05, 3.63) is 82.5 Å². The van der Waals surface area contributed by atoms with Crippen LogP contribution < -0.4 is 5.32 Å². The lowest BCUT2D eigenvalue weighted by Gasteiger charge is -2.08. The molecule has 0 bridgehead atoms. The zero-order valence-corrected chi connectivity index (χ0v) is 17.1. The summed E-state index contributed by atoms with van der Waals surface area (Å²) in [5.41, 5.74) is 4.73. The van der Waals surface area contributed by atoms with Crippen LogP contribution in [0.2, 0.25) is 10.0 Å². The summed E-state index contributed by atoms with van der Waals surface area (Å²) in [4.78, 5) is 20.3. The summed E-state index contributed by atoms with van der Waals surface area (Å²) in [5.74, 6) is -0.0755. The Labute approximate surface area is 178 Å². The lowest BCUT2D eigenvalue weighted by Crippen LogP contribution is -2.11. The van der Waals surface area contributed by atoms with Crippen LogP contribution in [0, 0.1) is 0 Å². The largest absolute Gasteiger partial charge is 0.353 e. The van der Waals surface area contributed by atoms with Gasteiger partial charge in [-0.1, -0.05) is 47.5 Å². The maximum atomic E-state index is 12.4. The minimum Gasteiger partial charge on any atom is -0.353 e. The SMILES string of the molecule is O=C(CCCc1c(-c2ccccn2)[nH]c2ccccc12)Nc1ccc(Cl)cc1Cl. The molecule has 0 fully saturated rings. The summed E-state index contributed by atoms with van der Waals surface area (Å²) in [6.07, 6.45) is 3.64. The van der Waals surface area contributed by atoms with Crippen LogP contribution in [0.15, 0.2) is 66.9 Å². The number of aromatic nitrogens is 2. The fourth-order valence-corrected chi connectivity index (χ4v) is 3.87. The number of para-hydroxylation sites is 1. The van der Waals surface area contributed by atoms with Crippen LogP contribution in [-0.4, -0.2) is 15.9 Å². The number of nitrogens with one attached hydrogen (secondary N) is 2. The van der Waals surface area contributed by atoms with Crippen LogP contribution >= 0.6 is 23.2 Å². The van der Waals surface area contributed by atoms with Crippen molar-refractivity contribution in [2.24, 2.45) is 0 Å². The molecule has 6 heteroatoms. The number of pyridine rings is 1. The summed E-state index contributed by atoms with van der Waals surface area (Å²) >= 11 is 12.0. The molecule has 0 radical (unpaired) electrons. The first-order valence-electron chi connectivity index (χ1n) is 9.38. The molecule has 2 aromatic heterocycles. The number of benzene rings is 2. The fourth-order valence-electron chi connectivity index (χ4n) is 3.42. The number of anilines is 1. The van der Waals surface area contributed by atoms with Gasteiger partial charge in [-0.05, 0) is 54.8 Å². The number of hydrogen-bond acceptors (Lipinski definition) is 2. The highest BCUT2D eigenvalue weighted by Gasteiger charge is 2.14. The Kier molecular flexibility index (Phi) is 5.84. The molecule has 0 unspecified atom stereocenters. The summed E-state index contributed by atoms with van der Waals surface area (Å²) < 4.78 is 0. The molecule has 29 heavy (non-hydrogen) atoms. The van der Waals surface area contributed by atoms with Crippen LogP contribution in [0.1, 0.15) is 18.4 Å². The first-order chi connectivity index (χ1) is 14.1. The molecule has 4 nitrogen and oxygen atoms in total. The van der Waals surface area contributed by atoms with E-state index in [9.17, 15) is 4.79 Å². The van der Waals surface area contributed by atoms with E-state index in [1.807, 2.05) is 30.3 Å². The van der Waals surface area contributed by atoms with Crippen LogP contribution in [0.3, 0.4) is 0 Å². The number of rotatable bonds is 6. The summed E-state index contributed by atoms with van der Waals surface area (Å²) in [6.45, 7) is 0. The number of hydrogen-bond donors (Lipinski definition) is 2. The van der Waals surface area contributed by atoms with Gasteiger partial charge in [0.15, 0.2) is 0 Å². The molecule has 0 atom stereocenters. The normalized spacial score (nSPS) is 11.0. The molecule has 0 saturated carbocycles. The predicted octanol–water partition coefficient (Wildman–Crippen LogP) is 6.50. The van der Waals surface area contributed by atoms with Gasteiger partial charge in [-0.2, -0.15) is 0 Å². The molecular formula is C23H19Cl2N3O. The number of halogens is 2. The van der Waals surface area contributed by atoms with Crippen molar-refractivity contribution in [1.82, 2.24) is 9.97 Å². The molecule has 0 aliphatic carbocycles. The second-order valence-corrected chi connectivity index (χ2v) is 7.61. The van der Waals surface area contributed by atoms with Crippen molar-refractivity contribution in [2.75, 3.05) is 5.32 Å². The summed E-state index contributed by atoms with van der Waals surface area (Å²) in [5, 5.41) is 4.98. The van der Waals surface area contributed by atoms with Crippen LogP contribution in [0.25, 0.3) is 22.3 Å². The van der Waals surface area contributed by atoms with Gasteiger partial charge in [-0.15, -0.1) is 0 Å². The maximum Gasteiger partial charge on any atom is 0.224 e. The molecule has 1 amide bonds. The molecule has 0 aliphatic heterocycles. The quantitative estimate of drug-likeness (QED) is 0.371. The van der Waals surface area contributed by atoms with Gasteiger partial charge in [-0.25, -0.2) is 0 Å². The Morgan fingerprint density at radius 1 is 1.03 bits per heavy atom. The van der Waals surface area contributed by atoms with Gasteiger partial charge in [0.05, 0.1) is 22.1 Å². The number of aryl methyl sites for hydroxylation is 1. The molecular weight excluding hydrogens is 405 g/mol. The molecule has 2 aromatic carbocycles. The second-order valence-electron chi connectivity index (χ2n) is 6.77. The standard InChI is InChI=1S/C23H19Cl2N3O/c24-15-11-12-20(18(25)14-15)27-22(29)10-5-7-17-16-6-1-2-8-19(16)28-23(17)21-9-3-4-13-26-21/h1-4,6,8-9,11-14,28H,5,7,10H2,(H,27,29). The van der Waals surface area contributed by atoms with E-state index in [0.29, 0.717) is 28.6 Å². The van der Waals surface area contributed by atoms with Crippen molar-refractivity contribution in [3.8, 4) is 11.4 Å². The fraction of sp³-hybridized carbons (Fsp3) is 0.130. The minimum atomic E-state index is -0.0755. The third-order valence-corrected chi connectivity index (χ3v) is 5.32. The zero-order chi connectivity index (χ0) is 20.2. The minimum absolute atomic E-state index is 0.0755. The molecule has 2 N–H and O–H groups in total. The monoisotopic (exact) mass is 423 g/mol. The van der Waals surface area contributed by atoms with Crippen LogP contribution in [-0.2, 0) is 11.2 Å². The van der Waals surface area contributed by atoms with E-state index in [4.69, 9.17) is 23.2 Å². The van der Waals surface area contributed by atoms with Gasteiger partial charge in [0.25, 0.3) is 0 Å². The number of carbonyl (C=O) groups is 1. The van der Waals surface area contributed by atoms with Gasteiger partial charge in [0.1, 0.15) is 0 Å². The van der Waals surface area contributed by atoms with E-state index in [-0.39, 0.29) is 5.91 Å². The second kappa shape index (κ2) is 8.68.